The molecule has 0 spiro atoms. The highest BCUT2D eigenvalue weighted by Gasteiger charge is 2.31. The summed E-state index contributed by atoms with van der Waals surface area (Å²) in [6, 6.07) is 9.70. The molecule has 1 aromatic heterocycles. The first-order chi connectivity index (χ1) is 15.2. The van der Waals surface area contributed by atoms with Crippen LogP contribution in [0.4, 0.5) is 13.2 Å². The number of piperidine rings is 1. The molecule has 1 aliphatic heterocycles. The van der Waals surface area contributed by atoms with Crippen LogP contribution in [0, 0.1) is 11.8 Å². The van der Waals surface area contributed by atoms with Crippen LogP contribution >= 0.6 is 0 Å². The van der Waals surface area contributed by atoms with Gasteiger partial charge in [-0.3, -0.25) is 4.98 Å². The Morgan fingerprint density at radius 1 is 1.06 bits per heavy atom. The maximum Gasteiger partial charge on any atom is 0.416 e. The number of allylic oxidation sites excluding steroid dienone is 4. The van der Waals surface area contributed by atoms with E-state index in [0.29, 0.717) is 11.5 Å². The Morgan fingerprint density at radius 2 is 1.72 bits per heavy atom. The highest BCUT2D eigenvalue weighted by molar-refractivity contribution is 5.99. The Morgan fingerprint density at radius 3 is 2.31 bits per heavy atom. The van der Waals surface area contributed by atoms with Gasteiger partial charge >= 0.3 is 6.18 Å². The average molecular weight is 443 g/mol. The van der Waals surface area contributed by atoms with Crippen molar-refractivity contribution in [1.29, 1.82) is 0 Å². The molecule has 1 unspecified atom stereocenters. The van der Waals surface area contributed by atoms with Gasteiger partial charge in [0.05, 0.1) is 5.56 Å². The minimum atomic E-state index is -4.37. The van der Waals surface area contributed by atoms with Crippen LogP contribution in [-0.2, 0) is 6.18 Å². The first kappa shape index (κ1) is 24.2. The monoisotopic (exact) mass is 442 g/mol. The first-order valence-electron chi connectivity index (χ1n) is 11.4. The molecule has 1 atom stereocenters. The lowest BCUT2D eigenvalue weighted by Gasteiger charge is -2.28. The topological polar surface area (TPSA) is 24.9 Å². The summed E-state index contributed by atoms with van der Waals surface area (Å²) < 4.78 is 40.6. The molecule has 1 saturated heterocycles. The zero-order chi connectivity index (χ0) is 23.3. The number of benzene rings is 1. The molecule has 0 radical (unpaired) electrons. The number of nitrogens with zero attached hydrogens (tertiary/aromatic N) is 1. The normalized spacial score (nSPS) is 18.1. The zero-order valence-corrected chi connectivity index (χ0v) is 19.4. The van der Waals surface area contributed by atoms with Crippen LogP contribution in [0.2, 0.25) is 0 Å². The number of alkyl halides is 3. The van der Waals surface area contributed by atoms with Gasteiger partial charge in [0.25, 0.3) is 0 Å². The number of halogens is 3. The van der Waals surface area contributed by atoms with E-state index in [0.717, 1.165) is 60.7 Å². The van der Waals surface area contributed by atoms with E-state index in [9.17, 15) is 13.2 Å². The Bertz CT molecular complexity index is 968. The fourth-order valence-electron chi connectivity index (χ4n) is 4.59. The molecule has 0 bridgehead atoms. The number of pyridine rings is 1. The predicted molar refractivity (Wildman–Crippen MR) is 126 cm³/mol. The predicted octanol–water partition coefficient (Wildman–Crippen LogP) is 7.39. The largest absolute Gasteiger partial charge is 0.416 e. The number of nitrogens with one attached hydrogen (secondary N) is 1. The summed E-state index contributed by atoms with van der Waals surface area (Å²) in [5.41, 5.74) is 5.52. The van der Waals surface area contributed by atoms with Gasteiger partial charge in [0.1, 0.15) is 0 Å². The molecule has 0 aliphatic carbocycles. The van der Waals surface area contributed by atoms with Crippen LogP contribution in [0.25, 0.3) is 11.1 Å². The highest BCUT2D eigenvalue weighted by Crippen LogP contribution is 2.42. The number of aromatic nitrogens is 1. The van der Waals surface area contributed by atoms with E-state index < -0.39 is 11.7 Å². The Kier molecular flexibility index (Phi) is 7.94. The summed E-state index contributed by atoms with van der Waals surface area (Å²) in [5, 5.41) is 3.42. The van der Waals surface area contributed by atoms with Crippen molar-refractivity contribution in [1.82, 2.24) is 10.3 Å². The molecule has 1 aliphatic rings. The highest BCUT2D eigenvalue weighted by atomic mass is 19.4. The maximum atomic E-state index is 13.5. The van der Waals surface area contributed by atoms with Crippen LogP contribution in [0.3, 0.4) is 0 Å². The van der Waals surface area contributed by atoms with Crippen molar-refractivity contribution in [3.05, 3.63) is 76.6 Å². The van der Waals surface area contributed by atoms with E-state index in [1.165, 1.54) is 17.7 Å². The minimum Gasteiger partial charge on any atom is -0.317 e. The zero-order valence-electron chi connectivity index (χ0n) is 19.4. The van der Waals surface area contributed by atoms with Crippen molar-refractivity contribution < 1.29 is 13.2 Å². The van der Waals surface area contributed by atoms with Crippen LogP contribution in [0.5, 0.6) is 0 Å². The SMILES string of the molecule is CCC(C)/C(=C(\C(C)=C(/C)C1CCNCC1)c1ccncc1)c1cccc(C(F)(F)F)c1. The van der Waals surface area contributed by atoms with Gasteiger partial charge in [0.2, 0.25) is 0 Å². The second kappa shape index (κ2) is 10.5. The fourth-order valence-corrected chi connectivity index (χ4v) is 4.59. The Hall–Kier alpha value is -2.40. The van der Waals surface area contributed by atoms with Crippen molar-refractivity contribution in [2.75, 3.05) is 13.1 Å². The van der Waals surface area contributed by atoms with Crippen molar-refractivity contribution in [2.45, 2.75) is 53.1 Å². The summed E-state index contributed by atoms with van der Waals surface area (Å²) in [4.78, 5) is 4.17. The molecular formula is C27H33F3N2. The average Bonchev–Trinajstić information content (AvgIpc) is 2.81. The van der Waals surface area contributed by atoms with Gasteiger partial charge < -0.3 is 5.32 Å². The molecule has 2 nitrogen and oxygen atoms in total. The van der Waals surface area contributed by atoms with E-state index in [1.54, 1.807) is 12.4 Å². The molecule has 2 heterocycles. The molecular weight excluding hydrogens is 409 g/mol. The number of rotatable bonds is 6. The van der Waals surface area contributed by atoms with E-state index in [-0.39, 0.29) is 5.92 Å². The summed E-state index contributed by atoms with van der Waals surface area (Å²) in [7, 11) is 0. The van der Waals surface area contributed by atoms with E-state index in [2.05, 4.69) is 38.0 Å². The van der Waals surface area contributed by atoms with E-state index in [4.69, 9.17) is 0 Å². The van der Waals surface area contributed by atoms with Gasteiger partial charge in [-0.1, -0.05) is 31.6 Å². The third kappa shape index (κ3) is 5.50. The van der Waals surface area contributed by atoms with Gasteiger partial charge in [-0.25, -0.2) is 0 Å². The summed E-state index contributed by atoms with van der Waals surface area (Å²) >= 11 is 0. The summed E-state index contributed by atoms with van der Waals surface area (Å²) in [6.07, 6.45) is 2.12. The Balaban J connectivity index is 2.30. The third-order valence-electron chi connectivity index (χ3n) is 6.76. The third-order valence-corrected chi connectivity index (χ3v) is 6.76. The summed E-state index contributed by atoms with van der Waals surface area (Å²) in [6.45, 7) is 10.5. The second-order valence-electron chi connectivity index (χ2n) is 8.74. The van der Waals surface area contributed by atoms with E-state index in [1.807, 2.05) is 18.2 Å². The molecule has 1 aromatic carbocycles. The molecule has 1 fully saturated rings. The number of hydrogen-bond donors (Lipinski definition) is 1. The van der Waals surface area contributed by atoms with Crippen LogP contribution in [0.15, 0.2) is 59.9 Å². The molecule has 5 heteroatoms. The molecule has 2 aromatic rings. The van der Waals surface area contributed by atoms with Crippen molar-refractivity contribution in [2.24, 2.45) is 11.8 Å². The number of hydrogen-bond acceptors (Lipinski definition) is 2. The van der Waals surface area contributed by atoms with Crippen LogP contribution in [-0.4, -0.2) is 18.1 Å². The molecule has 1 N–H and O–H groups in total. The van der Waals surface area contributed by atoms with Gasteiger partial charge in [-0.2, -0.15) is 13.2 Å². The Labute approximate surface area is 189 Å². The van der Waals surface area contributed by atoms with Gasteiger partial charge in [0.15, 0.2) is 0 Å². The molecule has 172 valence electrons. The first-order valence-corrected chi connectivity index (χ1v) is 11.4. The minimum absolute atomic E-state index is 0.0948. The quantitative estimate of drug-likeness (QED) is 0.472. The van der Waals surface area contributed by atoms with Crippen molar-refractivity contribution in [3.8, 4) is 0 Å². The van der Waals surface area contributed by atoms with Crippen LogP contribution < -0.4 is 5.32 Å². The molecule has 0 amide bonds. The van der Waals surface area contributed by atoms with E-state index >= 15 is 0 Å². The van der Waals surface area contributed by atoms with Gasteiger partial charge in [-0.15, -0.1) is 0 Å². The maximum absolute atomic E-state index is 13.5. The standard InChI is InChI=1S/C27H33F3N2/c1-5-18(2)25(23-7-6-8-24(17-23)27(28,29)30)26(22-11-15-32-16-12-22)20(4)19(3)21-9-13-31-14-10-21/h6-8,11-12,15-18,21,31H,5,9-10,13-14H2,1-4H3/b20-19+,26-25-. The fraction of sp³-hybridized carbons (Fsp3) is 0.444. The smallest absolute Gasteiger partial charge is 0.317 e. The lowest BCUT2D eigenvalue weighted by molar-refractivity contribution is -0.137. The molecule has 0 saturated carbocycles. The van der Waals surface area contributed by atoms with Crippen molar-refractivity contribution >= 4 is 11.1 Å². The molecule has 32 heavy (non-hydrogen) atoms. The lowest BCUT2D eigenvalue weighted by atomic mass is 9.79. The summed E-state index contributed by atoms with van der Waals surface area (Å²) in [5.74, 6) is 0.574. The second-order valence-corrected chi connectivity index (χ2v) is 8.74. The van der Waals surface area contributed by atoms with Gasteiger partial charge in [0, 0.05) is 12.4 Å². The van der Waals surface area contributed by atoms with Crippen molar-refractivity contribution in [3.63, 3.8) is 0 Å². The van der Waals surface area contributed by atoms with Gasteiger partial charge in [-0.05, 0) is 110 Å². The lowest BCUT2D eigenvalue weighted by Crippen LogP contribution is -2.28. The van der Waals surface area contributed by atoms with Crippen LogP contribution in [0.1, 0.15) is 63.6 Å². The molecule has 3 rings (SSSR count).